The fourth-order valence-electron chi connectivity index (χ4n) is 4.99. The minimum atomic E-state index is -3.67. The highest BCUT2D eigenvalue weighted by Crippen LogP contribution is 2.25. The van der Waals surface area contributed by atoms with E-state index in [9.17, 15) is 18.0 Å². The Morgan fingerprint density at radius 2 is 1.81 bits per heavy atom. The number of hydrogen-bond acceptors (Lipinski definition) is 4. The predicted octanol–water partition coefficient (Wildman–Crippen LogP) is 3.50. The van der Waals surface area contributed by atoms with Crippen molar-refractivity contribution in [3.8, 4) is 0 Å². The number of rotatable bonds is 5. The summed E-state index contributed by atoms with van der Waals surface area (Å²) in [5, 5.41) is 3.33. The van der Waals surface area contributed by atoms with Crippen LogP contribution in [-0.4, -0.2) is 42.3 Å². The molecule has 2 aliphatic rings. The van der Waals surface area contributed by atoms with Gasteiger partial charge in [-0.25, -0.2) is 8.42 Å². The molecule has 2 fully saturated rings. The van der Waals surface area contributed by atoms with Crippen molar-refractivity contribution in [2.75, 3.05) is 13.1 Å². The Morgan fingerprint density at radius 3 is 2.50 bits per heavy atom. The molecule has 2 heterocycles. The van der Waals surface area contributed by atoms with Gasteiger partial charge in [-0.3, -0.25) is 9.59 Å². The van der Waals surface area contributed by atoms with Gasteiger partial charge in [0.15, 0.2) is 0 Å². The van der Waals surface area contributed by atoms with Crippen LogP contribution in [0.15, 0.2) is 34.1 Å². The Morgan fingerprint density at radius 1 is 1.09 bits per heavy atom. The second-order valence-corrected chi connectivity index (χ2v) is 11.1. The van der Waals surface area contributed by atoms with Gasteiger partial charge < -0.3 is 9.88 Å². The van der Waals surface area contributed by atoms with Crippen molar-refractivity contribution >= 4 is 26.8 Å². The first-order valence-corrected chi connectivity index (χ1v) is 13.2. The molecule has 2 unspecified atom stereocenters. The zero-order chi connectivity index (χ0) is 22.9. The van der Waals surface area contributed by atoms with Gasteiger partial charge in [-0.2, -0.15) is 4.31 Å². The smallest absolute Gasteiger partial charge is 0.256 e. The molecule has 1 aliphatic heterocycles. The highest BCUT2D eigenvalue weighted by molar-refractivity contribution is 7.89. The standard InChI is InChI=1S/C24H33N3O4S/c1-3-26-16-20(24(29)25-21-10-6-5-9-17(21)2)23(28)19-15-18(11-12-22(19)26)32(30,31)27-13-7-4-8-14-27/h11-12,15-17,21H,3-10,13-14H2,1-2H3,(H,25,29). The van der Waals surface area contributed by atoms with E-state index in [0.717, 1.165) is 38.5 Å². The fourth-order valence-corrected chi connectivity index (χ4v) is 6.54. The van der Waals surface area contributed by atoms with E-state index in [-0.39, 0.29) is 27.8 Å². The second-order valence-electron chi connectivity index (χ2n) is 9.14. The molecule has 1 amide bonds. The zero-order valence-corrected chi connectivity index (χ0v) is 19.8. The molecule has 0 bridgehead atoms. The number of pyridine rings is 1. The third kappa shape index (κ3) is 4.35. The molecule has 4 rings (SSSR count). The third-order valence-electron chi connectivity index (χ3n) is 7.02. The number of amides is 1. The van der Waals surface area contributed by atoms with Crippen LogP contribution in [0.4, 0.5) is 0 Å². The van der Waals surface area contributed by atoms with Gasteiger partial charge in [0.2, 0.25) is 15.5 Å². The maximum absolute atomic E-state index is 13.3. The normalized spacial score (nSPS) is 22.7. The highest BCUT2D eigenvalue weighted by atomic mass is 32.2. The quantitative estimate of drug-likeness (QED) is 0.741. The molecule has 1 saturated heterocycles. The summed E-state index contributed by atoms with van der Waals surface area (Å²) in [5.74, 6) is 0.00462. The van der Waals surface area contributed by atoms with Gasteiger partial charge in [-0.05, 0) is 56.7 Å². The number of hydrogen-bond donors (Lipinski definition) is 1. The lowest BCUT2D eigenvalue weighted by Gasteiger charge is -2.29. The number of sulfonamides is 1. The summed E-state index contributed by atoms with van der Waals surface area (Å²) in [6.07, 6.45) is 8.55. The van der Waals surface area contributed by atoms with E-state index in [1.807, 2.05) is 11.5 Å². The number of aromatic nitrogens is 1. The molecular weight excluding hydrogens is 426 g/mol. The first-order chi connectivity index (χ1) is 15.3. The average Bonchev–Trinajstić information content (AvgIpc) is 2.81. The van der Waals surface area contributed by atoms with Crippen LogP contribution in [0.5, 0.6) is 0 Å². The third-order valence-corrected chi connectivity index (χ3v) is 8.91. The van der Waals surface area contributed by atoms with Crippen molar-refractivity contribution in [1.29, 1.82) is 0 Å². The van der Waals surface area contributed by atoms with Crippen LogP contribution in [0.2, 0.25) is 0 Å². The maximum atomic E-state index is 13.3. The molecule has 7 nitrogen and oxygen atoms in total. The Hall–Kier alpha value is -2.19. The van der Waals surface area contributed by atoms with Crippen molar-refractivity contribution in [3.05, 3.63) is 40.2 Å². The summed E-state index contributed by atoms with van der Waals surface area (Å²) in [4.78, 5) is 26.5. The number of nitrogens with zero attached hydrogens (tertiary/aromatic N) is 2. The summed E-state index contributed by atoms with van der Waals surface area (Å²) in [7, 11) is -3.67. The van der Waals surface area contributed by atoms with E-state index in [1.165, 1.54) is 16.8 Å². The largest absolute Gasteiger partial charge is 0.349 e. The van der Waals surface area contributed by atoms with Crippen molar-refractivity contribution in [2.24, 2.45) is 5.92 Å². The first-order valence-electron chi connectivity index (χ1n) is 11.8. The van der Waals surface area contributed by atoms with Gasteiger partial charge in [0.25, 0.3) is 5.91 Å². The molecule has 1 saturated carbocycles. The Bertz CT molecular complexity index is 1170. The van der Waals surface area contributed by atoms with Gasteiger partial charge >= 0.3 is 0 Å². The number of piperidine rings is 1. The summed E-state index contributed by atoms with van der Waals surface area (Å²) in [6.45, 7) is 5.64. The molecule has 2 aromatic rings. The minimum Gasteiger partial charge on any atom is -0.349 e. The molecular formula is C24H33N3O4S. The summed E-state index contributed by atoms with van der Waals surface area (Å²) in [5.41, 5.74) is 0.295. The molecule has 1 aromatic heterocycles. The van der Waals surface area contributed by atoms with E-state index in [0.29, 0.717) is 31.1 Å². The molecule has 1 N–H and O–H groups in total. The Kier molecular flexibility index (Phi) is 6.72. The summed E-state index contributed by atoms with van der Waals surface area (Å²) in [6, 6.07) is 4.77. The summed E-state index contributed by atoms with van der Waals surface area (Å²) < 4.78 is 29.6. The number of aryl methyl sites for hydroxylation is 1. The Balaban J connectivity index is 1.74. The van der Waals surface area contributed by atoms with E-state index in [4.69, 9.17) is 0 Å². The van der Waals surface area contributed by atoms with Crippen LogP contribution < -0.4 is 10.7 Å². The summed E-state index contributed by atoms with van der Waals surface area (Å²) >= 11 is 0. The molecule has 1 aliphatic carbocycles. The van der Waals surface area contributed by atoms with Gasteiger partial charge in [-0.15, -0.1) is 0 Å². The fraction of sp³-hybridized carbons (Fsp3) is 0.583. The van der Waals surface area contributed by atoms with Crippen molar-refractivity contribution < 1.29 is 13.2 Å². The van der Waals surface area contributed by atoms with Gasteiger partial charge in [0.1, 0.15) is 5.56 Å². The van der Waals surface area contributed by atoms with Gasteiger partial charge in [0, 0.05) is 37.3 Å². The molecule has 32 heavy (non-hydrogen) atoms. The molecule has 174 valence electrons. The number of carbonyl (C=O) groups excluding carboxylic acids is 1. The van der Waals surface area contributed by atoms with E-state index < -0.39 is 15.5 Å². The van der Waals surface area contributed by atoms with E-state index in [2.05, 4.69) is 12.2 Å². The average molecular weight is 460 g/mol. The van der Waals surface area contributed by atoms with Crippen molar-refractivity contribution in [1.82, 2.24) is 14.2 Å². The lowest BCUT2D eigenvalue weighted by molar-refractivity contribution is 0.0908. The minimum absolute atomic E-state index is 0.0623. The molecule has 8 heteroatoms. The number of carbonyl (C=O) groups is 1. The lowest BCUT2D eigenvalue weighted by Crippen LogP contribution is -2.42. The number of nitrogens with one attached hydrogen (secondary N) is 1. The van der Waals surface area contributed by atoms with Crippen molar-refractivity contribution in [3.63, 3.8) is 0 Å². The van der Waals surface area contributed by atoms with Crippen LogP contribution in [0.3, 0.4) is 0 Å². The monoisotopic (exact) mass is 459 g/mol. The van der Waals surface area contributed by atoms with Crippen molar-refractivity contribution in [2.45, 2.75) is 76.3 Å². The van der Waals surface area contributed by atoms with Gasteiger partial charge in [-0.1, -0.05) is 26.2 Å². The first kappa shape index (κ1) is 23.0. The SMILES string of the molecule is CCn1cc(C(=O)NC2CCCCC2C)c(=O)c2cc(S(=O)(=O)N3CCCCC3)ccc21. The predicted molar refractivity (Wildman–Crippen MR) is 125 cm³/mol. The highest BCUT2D eigenvalue weighted by Gasteiger charge is 2.28. The van der Waals surface area contributed by atoms with Crippen LogP contribution >= 0.6 is 0 Å². The maximum Gasteiger partial charge on any atom is 0.256 e. The molecule has 2 atom stereocenters. The van der Waals surface area contributed by atoms with Crippen LogP contribution in [-0.2, 0) is 16.6 Å². The molecule has 0 radical (unpaired) electrons. The Labute approximate surface area is 189 Å². The van der Waals surface area contributed by atoms with E-state index in [1.54, 1.807) is 18.3 Å². The topological polar surface area (TPSA) is 88.5 Å². The van der Waals surface area contributed by atoms with Crippen LogP contribution in [0.1, 0.15) is 69.2 Å². The van der Waals surface area contributed by atoms with Crippen LogP contribution in [0, 0.1) is 5.92 Å². The van der Waals surface area contributed by atoms with E-state index >= 15 is 0 Å². The zero-order valence-electron chi connectivity index (χ0n) is 19.0. The van der Waals surface area contributed by atoms with Crippen LogP contribution in [0.25, 0.3) is 10.9 Å². The number of fused-ring (bicyclic) bond motifs is 1. The molecule has 0 spiro atoms. The number of benzene rings is 1. The van der Waals surface area contributed by atoms with Gasteiger partial charge in [0.05, 0.1) is 10.4 Å². The second kappa shape index (κ2) is 9.35. The molecule has 1 aromatic carbocycles. The lowest BCUT2D eigenvalue weighted by atomic mass is 9.86.